The molecule has 1 N–H and O–H groups in total. The lowest BCUT2D eigenvalue weighted by Gasteiger charge is -2.29. The standard InChI is InChI=1S/C20H32N2O2/c1-7-16(8-2)19(24)21-13-14-22(15(3)23)18-12-10-9-11-17(18)20(4,5)6/h9-12,16H,7-8,13-14H2,1-6H3,(H,21,24). The summed E-state index contributed by atoms with van der Waals surface area (Å²) < 4.78 is 0. The van der Waals surface area contributed by atoms with Gasteiger partial charge in [0.2, 0.25) is 11.8 Å². The highest BCUT2D eigenvalue weighted by Gasteiger charge is 2.23. The third-order valence-corrected chi connectivity index (χ3v) is 4.37. The summed E-state index contributed by atoms with van der Waals surface area (Å²) >= 11 is 0. The van der Waals surface area contributed by atoms with Crippen LogP contribution in [0.2, 0.25) is 0 Å². The predicted molar refractivity (Wildman–Crippen MR) is 100 cm³/mol. The van der Waals surface area contributed by atoms with E-state index in [1.54, 1.807) is 11.8 Å². The van der Waals surface area contributed by atoms with Crippen LogP contribution in [0.4, 0.5) is 5.69 Å². The number of carbonyl (C=O) groups is 2. The van der Waals surface area contributed by atoms with Crippen molar-refractivity contribution >= 4 is 17.5 Å². The van der Waals surface area contributed by atoms with E-state index in [1.807, 2.05) is 32.0 Å². The Labute approximate surface area is 146 Å². The number of hydrogen-bond acceptors (Lipinski definition) is 2. The molecule has 0 aliphatic rings. The van der Waals surface area contributed by atoms with Crippen LogP contribution in [-0.4, -0.2) is 24.9 Å². The molecule has 0 fully saturated rings. The Balaban J connectivity index is 2.87. The first-order valence-electron chi connectivity index (χ1n) is 8.87. The number of nitrogens with zero attached hydrogens (tertiary/aromatic N) is 1. The van der Waals surface area contributed by atoms with Gasteiger partial charge in [-0.05, 0) is 29.9 Å². The van der Waals surface area contributed by atoms with E-state index in [1.165, 1.54) is 0 Å². The number of hydrogen-bond donors (Lipinski definition) is 1. The van der Waals surface area contributed by atoms with Crippen molar-refractivity contribution in [2.45, 2.75) is 59.8 Å². The van der Waals surface area contributed by atoms with E-state index >= 15 is 0 Å². The predicted octanol–water partition coefficient (Wildman–Crippen LogP) is 3.89. The largest absolute Gasteiger partial charge is 0.354 e. The van der Waals surface area contributed by atoms with Crippen LogP contribution in [0.3, 0.4) is 0 Å². The van der Waals surface area contributed by atoms with Crippen LogP contribution in [0.1, 0.15) is 59.9 Å². The van der Waals surface area contributed by atoms with Crippen molar-refractivity contribution in [3.8, 4) is 0 Å². The Hall–Kier alpha value is -1.84. The fraction of sp³-hybridized carbons (Fsp3) is 0.600. The highest BCUT2D eigenvalue weighted by molar-refractivity contribution is 5.92. The van der Waals surface area contributed by atoms with Crippen LogP contribution in [0.25, 0.3) is 0 Å². The van der Waals surface area contributed by atoms with Gasteiger partial charge in [0.05, 0.1) is 0 Å². The van der Waals surface area contributed by atoms with Crippen LogP contribution in [0, 0.1) is 5.92 Å². The summed E-state index contributed by atoms with van der Waals surface area (Å²) in [5.41, 5.74) is 2.00. The fourth-order valence-corrected chi connectivity index (χ4v) is 2.89. The summed E-state index contributed by atoms with van der Waals surface area (Å²) in [7, 11) is 0. The molecule has 0 spiro atoms. The van der Waals surface area contributed by atoms with Gasteiger partial charge in [0, 0.05) is 31.6 Å². The molecule has 0 unspecified atom stereocenters. The van der Waals surface area contributed by atoms with Gasteiger partial charge < -0.3 is 10.2 Å². The van der Waals surface area contributed by atoms with Crippen molar-refractivity contribution in [2.75, 3.05) is 18.0 Å². The molecule has 0 aliphatic heterocycles. The maximum atomic E-state index is 12.2. The zero-order chi connectivity index (χ0) is 18.3. The van der Waals surface area contributed by atoms with Crippen LogP contribution in [0.5, 0.6) is 0 Å². The molecule has 1 aromatic rings. The third-order valence-electron chi connectivity index (χ3n) is 4.37. The van der Waals surface area contributed by atoms with Crippen molar-refractivity contribution in [1.82, 2.24) is 5.32 Å². The molecule has 134 valence electrons. The first-order valence-corrected chi connectivity index (χ1v) is 8.87. The van der Waals surface area contributed by atoms with Gasteiger partial charge in [-0.25, -0.2) is 0 Å². The maximum absolute atomic E-state index is 12.2. The fourth-order valence-electron chi connectivity index (χ4n) is 2.89. The summed E-state index contributed by atoms with van der Waals surface area (Å²) in [6.45, 7) is 13.0. The molecular formula is C20H32N2O2. The highest BCUT2D eigenvalue weighted by Crippen LogP contribution is 2.31. The summed E-state index contributed by atoms with van der Waals surface area (Å²) in [6.07, 6.45) is 1.68. The number of para-hydroxylation sites is 1. The van der Waals surface area contributed by atoms with Crippen LogP contribution < -0.4 is 10.2 Å². The number of carbonyl (C=O) groups excluding carboxylic acids is 2. The minimum atomic E-state index is -0.0525. The van der Waals surface area contributed by atoms with E-state index in [0.29, 0.717) is 13.1 Å². The second-order valence-electron chi connectivity index (χ2n) is 7.24. The van der Waals surface area contributed by atoms with Crippen LogP contribution in [-0.2, 0) is 15.0 Å². The minimum Gasteiger partial charge on any atom is -0.354 e. The highest BCUT2D eigenvalue weighted by atomic mass is 16.2. The van der Waals surface area contributed by atoms with Crippen molar-refractivity contribution in [2.24, 2.45) is 5.92 Å². The average Bonchev–Trinajstić information content (AvgIpc) is 2.51. The van der Waals surface area contributed by atoms with Gasteiger partial charge in [0.1, 0.15) is 0 Å². The third kappa shape index (κ3) is 5.36. The number of anilines is 1. The molecule has 0 atom stereocenters. The summed E-state index contributed by atoms with van der Waals surface area (Å²) in [5, 5.41) is 2.97. The minimum absolute atomic E-state index is 0.0107. The van der Waals surface area contributed by atoms with E-state index in [0.717, 1.165) is 24.1 Å². The number of rotatable bonds is 7. The van der Waals surface area contributed by atoms with Gasteiger partial charge in [-0.15, -0.1) is 0 Å². The molecule has 0 aromatic heterocycles. The molecule has 0 aliphatic carbocycles. The van der Waals surface area contributed by atoms with Crippen molar-refractivity contribution in [1.29, 1.82) is 0 Å². The van der Waals surface area contributed by atoms with Crippen LogP contribution >= 0.6 is 0 Å². The second kappa shape index (κ2) is 8.86. The quantitative estimate of drug-likeness (QED) is 0.823. The molecule has 24 heavy (non-hydrogen) atoms. The zero-order valence-corrected chi connectivity index (χ0v) is 16.0. The lowest BCUT2D eigenvalue weighted by atomic mass is 9.85. The van der Waals surface area contributed by atoms with Gasteiger partial charge in [-0.3, -0.25) is 9.59 Å². The normalized spacial score (nSPS) is 11.5. The van der Waals surface area contributed by atoms with Crippen molar-refractivity contribution < 1.29 is 9.59 Å². The molecule has 1 rings (SSSR count). The summed E-state index contributed by atoms with van der Waals surface area (Å²) in [5.74, 6) is 0.119. The average molecular weight is 332 g/mol. The Bertz CT molecular complexity index is 557. The Morgan fingerprint density at radius 1 is 1.12 bits per heavy atom. The van der Waals surface area contributed by atoms with E-state index < -0.39 is 0 Å². The Morgan fingerprint density at radius 3 is 2.21 bits per heavy atom. The van der Waals surface area contributed by atoms with Gasteiger partial charge in [0.25, 0.3) is 0 Å². The number of amides is 2. The molecule has 4 heteroatoms. The molecule has 0 bridgehead atoms. The van der Waals surface area contributed by atoms with Gasteiger partial charge in [-0.1, -0.05) is 52.8 Å². The molecule has 2 amide bonds. The second-order valence-corrected chi connectivity index (χ2v) is 7.24. The van der Waals surface area contributed by atoms with Gasteiger partial charge >= 0.3 is 0 Å². The summed E-state index contributed by atoms with van der Waals surface area (Å²) in [6, 6.07) is 7.99. The Morgan fingerprint density at radius 2 is 1.71 bits per heavy atom. The summed E-state index contributed by atoms with van der Waals surface area (Å²) in [4.78, 5) is 26.0. The van der Waals surface area contributed by atoms with E-state index in [2.05, 4.69) is 32.2 Å². The molecule has 0 heterocycles. The van der Waals surface area contributed by atoms with E-state index in [4.69, 9.17) is 0 Å². The first kappa shape index (κ1) is 20.2. The first-order chi connectivity index (χ1) is 11.2. The van der Waals surface area contributed by atoms with Crippen molar-refractivity contribution in [3.63, 3.8) is 0 Å². The van der Waals surface area contributed by atoms with Crippen LogP contribution in [0.15, 0.2) is 24.3 Å². The topological polar surface area (TPSA) is 49.4 Å². The lowest BCUT2D eigenvalue weighted by molar-refractivity contribution is -0.125. The zero-order valence-electron chi connectivity index (χ0n) is 16.0. The molecule has 4 nitrogen and oxygen atoms in total. The van der Waals surface area contributed by atoms with Crippen molar-refractivity contribution in [3.05, 3.63) is 29.8 Å². The monoisotopic (exact) mass is 332 g/mol. The smallest absolute Gasteiger partial charge is 0.223 e. The number of nitrogens with one attached hydrogen (secondary N) is 1. The van der Waals surface area contributed by atoms with E-state index in [9.17, 15) is 9.59 Å². The molecule has 0 saturated carbocycles. The van der Waals surface area contributed by atoms with Gasteiger partial charge in [0.15, 0.2) is 0 Å². The Kier molecular flexibility index (Phi) is 7.46. The van der Waals surface area contributed by atoms with Gasteiger partial charge in [-0.2, -0.15) is 0 Å². The molecule has 1 aromatic carbocycles. The lowest BCUT2D eigenvalue weighted by Crippen LogP contribution is -2.40. The maximum Gasteiger partial charge on any atom is 0.223 e. The van der Waals surface area contributed by atoms with E-state index in [-0.39, 0.29) is 23.1 Å². The SMILES string of the molecule is CCC(CC)C(=O)NCCN(C(C)=O)c1ccccc1C(C)(C)C. The molecule has 0 saturated heterocycles. The molecule has 0 radical (unpaired) electrons. The molecular weight excluding hydrogens is 300 g/mol. The number of benzene rings is 1.